The third kappa shape index (κ3) is 3.19. The zero-order valence-corrected chi connectivity index (χ0v) is 14.0. The van der Waals surface area contributed by atoms with Gasteiger partial charge in [-0.3, -0.25) is 4.79 Å². The molecule has 23 heavy (non-hydrogen) atoms. The maximum atomic E-state index is 12.5. The smallest absolute Gasteiger partial charge is 0.338 e. The quantitative estimate of drug-likeness (QED) is 0.547. The van der Waals surface area contributed by atoms with Crippen molar-refractivity contribution in [3.05, 3.63) is 70.3 Å². The standard InChI is InChI=1S/C18H14BrNO3/c1-11(23-18(22)12-5-4-6-13(19)9-12)17(21)15-10-20-16-8-3-2-7-14(15)16/h2-11,20H,1H3. The van der Waals surface area contributed by atoms with E-state index in [-0.39, 0.29) is 5.78 Å². The van der Waals surface area contributed by atoms with E-state index < -0.39 is 12.1 Å². The van der Waals surface area contributed by atoms with Gasteiger partial charge in [0, 0.05) is 27.1 Å². The van der Waals surface area contributed by atoms with Gasteiger partial charge in [0.25, 0.3) is 0 Å². The molecule has 0 aliphatic carbocycles. The van der Waals surface area contributed by atoms with E-state index in [1.807, 2.05) is 30.3 Å². The van der Waals surface area contributed by atoms with Crippen LogP contribution < -0.4 is 0 Å². The van der Waals surface area contributed by atoms with E-state index in [4.69, 9.17) is 4.74 Å². The molecule has 5 heteroatoms. The number of carbonyl (C=O) groups excluding carboxylic acids is 2. The van der Waals surface area contributed by atoms with Gasteiger partial charge in [-0.1, -0.05) is 40.2 Å². The molecule has 1 N–H and O–H groups in total. The van der Waals surface area contributed by atoms with Crippen LogP contribution in [0.2, 0.25) is 0 Å². The number of benzene rings is 2. The second kappa shape index (κ2) is 6.38. The predicted octanol–water partition coefficient (Wildman–Crippen LogP) is 4.36. The Hall–Kier alpha value is -2.40. The number of hydrogen-bond donors (Lipinski definition) is 1. The highest BCUT2D eigenvalue weighted by Gasteiger charge is 2.22. The first-order valence-electron chi connectivity index (χ1n) is 7.13. The van der Waals surface area contributed by atoms with Gasteiger partial charge in [-0.25, -0.2) is 4.79 Å². The van der Waals surface area contributed by atoms with Crippen molar-refractivity contribution in [1.82, 2.24) is 4.98 Å². The van der Waals surface area contributed by atoms with Crippen LogP contribution in [0.3, 0.4) is 0 Å². The highest BCUT2D eigenvalue weighted by atomic mass is 79.9. The lowest BCUT2D eigenvalue weighted by Crippen LogP contribution is -2.24. The van der Waals surface area contributed by atoms with E-state index in [1.54, 1.807) is 31.3 Å². The maximum Gasteiger partial charge on any atom is 0.338 e. The molecule has 0 saturated heterocycles. The molecule has 1 aromatic heterocycles. The second-order valence-electron chi connectivity index (χ2n) is 5.17. The molecular weight excluding hydrogens is 358 g/mol. The van der Waals surface area contributed by atoms with Crippen LogP contribution in [-0.4, -0.2) is 22.8 Å². The highest BCUT2D eigenvalue weighted by Crippen LogP contribution is 2.20. The number of ether oxygens (including phenoxy) is 1. The van der Waals surface area contributed by atoms with E-state index in [0.29, 0.717) is 11.1 Å². The van der Waals surface area contributed by atoms with Gasteiger partial charge in [0.15, 0.2) is 6.10 Å². The van der Waals surface area contributed by atoms with Crippen molar-refractivity contribution in [2.45, 2.75) is 13.0 Å². The van der Waals surface area contributed by atoms with Crippen molar-refractivity contribution in [3.8, 4) is 0 Å². The summed E-state index contributed by atoms with van der Waals surface area (Å²) in [5, 5.41) is 0.822. The summed E-state index contributed by atoms with van der Waals surface area (Å²) in [7, 11) is 0. The molecule has 0 radical (unpaired) electrons. The van der Waals surface area contributed by atoms with Crippen molar-refractivity contribution < 1.29 is 14.3 Å². The summed E-state index contributed by atoms with van der Waals surface area (Å²) >= 11 is 3.31. The van der Waals surface area contributed by atoms with Crippen LogP contribution in [-0.2, 0) is 4.74 Å². The van der Waals surface area contributed by atoms with Crippen LogP contribution in [0.1, 0.15) is 27.6 Å². The number of aromatic nitrogens is 1. The third-order valence-electron chi connectivity index (χ3n) is 3.57. The van der Waals surface area contributed by atoms with Gasteiger partial charge in [0.1, 0.15) is 0 Å². The summed E-state index contributed by atoms with van der Waals surface area (Å²) in [5.41, 5.74) is 1.80. The molecule has 4 nitrogen and oxygen atoms in total. The number of nitrogens with one attached hydrogen (secondary N) is 1. The molecule has 0 spiro atoms. The van der Waals surface area contributed by atoms with Crippen LogP contribution in [0.5, 0.6) is 0 Å². The molecule has 0 amide bonds. The highest BCUT2D eigenvalue weighted by molar-refractivity contribution is 9.10. The topological polar surface area (TPSA) is 59.2 Å². The van der Waals surface area contributed by atoms with Crippen LogP contribution in [0.15, 0.2) is 59.2 Å². The second-order valence-corrected chi connectivity index (χ2v) is 6.09. The monoisotopic (exact) mass is 371 g/mol. The molecule has 0 bridgehead atoms. The number of ketones is 1. The third-order valence-corrected chi connectivity index (χ3v) is 4.06. The maximum absolute atomic E-state index is 12.5. The fraction of sp³-hybridized carbons (Fsp3) is 0.111. The largest absolute Gasteiger partial charge is 0.451 e. The van der Waals surface area contributed by atoms with Gasteiger partial charge >= 0.3 is 5.97 Å². The Morgan fingerprint density at radius 2 is 1.91 bits per heavy atom. The minimum absolute atomic E-state index is 0.231. The Labute approximate surface area is 141 Å². The Morgan fingerprint density at radius 1 is 1.13 bits per heavy atom. The average Bonchev–Trinajstić information content (AvgIpc) is 2.98. The summed E-state index contributed by atoms with van der Waals surface area (Å²) in [4.78, 5) is 27.7. The van der Waals surface area contributed by atoms with Crippen molar-refractivity contribution >= 4 is 38.6 Å². The molecule has 0 fully saturated rings. The number of fused-ring (bicyclic) bond motifs is 1. The fourth-order valence-electron chi connectivity index (χ4n) is 2.39. The summed E-state index contributed by atoms with van der Waals surface area (Å²) in [6, 6.07) is 14.4. The summed E-state index contributed by atoms with van der Waals surface area (Å²) < 4.78 is 6.08. The molecule has 116 valence electrons. The SMILES string of the molecule is CC(OC(=O)c1cccc(Br)c1)C(=O)c1c[nH]c2ccccc12. The number of rotatable bonds is 4. The van der Waals surface area contributed by atoms with Crippen LogP contribution in [0.25, 0.3) is 10.9 Å². The van der Waals surface area contributed by atoms with Crippen molar-refractivity contribution in [3.63, 3.8) is 0 Å². The molecule has 3 rings (SSSR count). The number of esters is 1. The van der Waals surface area contributed by atoms with Crippen LogP contribution in [0.4, 0.5) is 0 Å². The number of halogens is 1. The van der Waals surface area contributed by atoms with Crippen molar-refractivity contribution in [1.29, 1.82) is 0 Å². The van der Waals surface area contributed by atoms with Crippen LogP contribution >= 0.6 is 15.9 Å². The van der Waals surface area contributed by atoms with E-state index >= 15 is 0 Å². The lowest BCUT2D eigenvalue weighted by Gasteiger charge is -2.12. The Bertz CT molecular complexity index is 885. The van der Waals surface area contributed by atoms with E-state index in [2.05, 4.69) is 20.9 Å². The Kier molecular flexibility index (Phi) is 4.30. The lowest BCUT2D eigenvalue weighted by molar-refractivity contribution is 0.0319. The van der Waals surface area contributed by atoms with E-state index in [0.717, 1.165) is 15.4 Å². The molecule has 3 aromatic rings. The number of hydrogen-bond acceptors (Lipinski definition) is 3. The predicted molar refractivity (Wildman–Crippen MR) is 91.6 cm³/mol. The van der Waals surface area contributed by atoms with Crippen molar-refractivity contribution in [2.75, 3.05) is 0 Å². The summed E-state index contributed by atoms with van der Waals surface area (Å²) in [6.45, 7) is 1.58. The van der Waals surface area contributed by atoms with Gasteiger partial charge in [-0.05, 0) is 31.2 Å². The first kappa shape index (κ1) is 15.5. The molecular formula is C18H14BrNO3. The average molecular weight is 372 g/mol. The Morgan fingerprint density at radius 3 is 2.70 bits per heavy atom. The fourth-order valence-corrected chi connectivity index (χ4v) is 2.79. The zero-order chi connectivity index (χ0) is 16.4. The molecule has 1 heterocycles. The van der Waals surface area contributed by atoms with Gasteiger partial charge in [0.05, 0.1) is 5.56 Å². The summed E-state index contributed by atoms with van der Waals surface area (Å²) in [5.74, 6) is -0.752. The number of carbonyl (C=O) groups is 2. The van der Waals surface area contributed by atoms with E-state index in [1.165, 1.54) is 0 Å². The molecule has 0 aliphatic rings. The minimum Gasteiger partial charge on any atom is -0.451 e. The molecule has 0 aliphatic heterocycles. The molecule has 1 atom stereocenters. The zero-order valence-electron chi connectivity index (χ0n) is 12.4. The Balaban J connectivity index is 1.79. The number of para-hydroxylation sites is 1. The summed E-state index contributed by atoms with van der Waals surface area (Å²) in [6.07, 6.45) is 0.789. The normalized spacial score (nSPS) is 12.1. The van der Waals surface area contributed by atoms with Gasteiger partial charge in [-0.15, -0.1) is 0 Å². The van der Waals surface area contributed by atoms with Crippen molar-refractivity contribution in [2.24, 2.45) is 0 Å². The van der Waals surface area contributed by atoms with Gasteiger partial charge in [0.2, 0.25) is 5.78 Å². The van der Waals surface area contributed by atoms with E-state index in [9.17, 15) is 9.59 Å². The molecule has 2 aromatic carbocycles. The minimum atomic E-state index is -0.860. The van der Waals surface area contributed by atoms with Crippen LogP contribution in [0, 0.1) is 0 Å². The first-order valence-corrected chi connectivity index (χ1v) is 7.92. The first-order chi connectivity index (χ1) is 11.1. The molecule has 0 saturated carbocycles. The lowest BCUT2D eigenvalue weighted by atomic mass is 10.1. The number of H-pyrrole nitrogens is 1. The number of aromatic amines is 1. The number of Topliss-reactive ketones (excluding diaryl/α,β-unsaturated/α-hetero) is 1. The van der Waals surface area contributed by atoms with Gasteiger partial charge in [-0.2, -0.15) is 0 Å². The van der Waals surface area contributed by atoms with Gasteiger partial charge < -0.3 is 9.72 Å². The molecule has 1 unspecified atom stereocenters.